The number of fused-ring (bicyclic) bond motifs is 1. The Labute approximate surface area is 90.9 Å². The summed E-state index contributed by atoms with van der Waals surface area (Å²) in [5, 5.41) is 4.57. The second-order valence-corrected chi connectivity index (χ2v) is 5.42. The van der Waals surface area contributed by atoms with Gasteiger partial charge in [0.25, 0.3) is 0 Å². The topological polar surface area (TPSA) is 56.7 Å². The summed E-state index contributed by atoms with van der Waals surface area (Å²) in [5.41, 5.74) is 5.74. The molecule has 4 heteroatoms. The highest BCUT2D eigenvalue weighted by atomic mass is 15.4. The number of aromatic nitrogens is 3. The van der Waals surface area contributed by atoms with Crippen molar-refractivity contribution in [2.75, 3.05) is 6.54 Å². The summed E-state index contributed by atoms with van der Waals surface area (Å²) in [6, 6.07) is 0. The van der Waals surface area contributed by atoms with E-state index in [-0.39, 0.29) is 5.41 Å². The zero-order chi connectivity index (χ0) is 11.1. The maximum absolute atomic E-state index is 5.69. The highest BCUT2D eigenvalue weighted by molar-refractivity contribution is 5.05. The van der Waals surface area contributed by atoms with Crippen LogP contribution in [0.15, 0.2) is 0 Å². The van der Waals surface area contributed by atoms with Gasteiger partial charge < -0.3 is 5.73 Å². The lowest BCUT2D eigenvalue weighted by molar-refractivity contribution is 0.348. The smallest absolute Gasteiger partial charge is 0.156 e. The van der Waals surface area contributed by atoms with Crippen LogP contribution < -0.4 is 5.73 Å². The second kappa shape index (κ2) is 3.59. The Balaban J connectivity index is 2.26. The SMILES string of the molecule is CC(C)(C)c1nc2n(n1)CC(CN)CC2. The summed E-state index contributed by atoms with van der Waals surface area (Å²) >= 11 is 0. The van der Waals surface area contributed by atoms with Crippen LogP contribution in [0.1, 0.15) is 38.8 Å². The first-order valence-electron chi connectivity index (χ1n) is 5.65. The minimum Gasteiger partial charge on any atom is -0.330 e. The molecule has 15 heavy (non-hydrogen) atoms. The average Bonchev–Trinajstić information content (AvgIpc) is 2.59. The molecule has 1 aliphatic rings. The van der Waals surface area contributed by atoms with E-state index in [1.165, 1.54) is 0 Å². The third kappa shape index (κ3) is 2.04. The van der Waals surface area contributed by atoms with E-state index >= 15 is 0 Å². The van der Waals surface area contributed by atoms with Crippen molar-refractivity contribution in [2.24, 2.45) is 11.7 Å². The summed E-state index contributed by atoms with van der Waals surface area (Å²) in [4.78, 5) is 4.60. The molecule has 0 aromatic carbocycles. The Bertz CT molecular complexity index is 348. The first-order chi connectivity index (χ1) is 7.00. The molecule has 4 nitrogen and oxygen atoms in total. The third-order valence-electron chi connectivity index (χ3n) is 2.96. The molecular formula is C11H20N4. The molecule has 0 saturated carbocycles. The monoisotopic (exact) mass is 208 g/mol. The van der Waals surface area contributed by atoms with E-state index in [0.717, 1.165) is 37.6 Å². The van der Waals surface area contributed by atoms with Crippen LogP contribution in [-0.4, -0.2) is 21.3 Å². The van der Waals surface area contributed by atoms with Gasteiger partial charge in [-0.1, -0.05) is 20.8 Å². The predicted octanol–water partition coefficient (Wildman–Crippen LogP) is 1.10. The van der Waals surface area contributed by atoms with E-state index in [0.29, 0.717) is 5.92 Å². The van der Waals surface area contributed by atoms with Crippen LogP contribution in [0.5, 0.6) is 0 Å². The molecule has 1 unspecified atom stereocenters. The minimum atomic E-state index is 0.0442. The van der Waals surface area contributed by atoms with E-state index < -0.39 is 0 Å². The van der Waals surface area contributed by atoms with Gasteiger partial charge in [0, 0.05) is 18.4 Å². The number of hydrogen-bond acceptors (Lipinski definition) is 3. The molecule has 0 aliphatic carbocycles. The molecule has 0 radical (unpaired) electrons. The number of nitrogens with zero attached hydrogens (tertiary/aromatic N) is 3. The zero-order valence-corrected chi connectivity index (χ0v) is 9.82. The van der Waals surface area contributed by atoms with Crippen LogP contribution in [0.2, 0.25) is 0 Å². The molecule has 0 amide bonds. The number of nitrogens with two attached hydrogens (primary N) is 1. The van der Waals surface area contributed by atoms with Crippen molar-refractivity contribution in [3.63, 3.8) is 0 Å². The van der Waals surface area contributed by atoms with E-state index in [2.05, 4.69) is 30.9 Å². The number of rotatable bonds is 1. The molecule has 2 N–H and O–H groups in total. The normalized spacial score (nSPS) is 21.5. The van der Waals surface area contributed by atoms with Gasteiger partial charge >= 0.3 is 0 Å². The van der Waals surface area contributed by atoms with Crippen LogP contribution >= 0.6 is 0 Å². The van der Waals surface area contributed by atoms with Gasteiger partial charge in [-0.2, -0.15) is 5.10 Å². The van der Waals surface area contributed by atoms with Gasteiger partial charge in [-0.25, -0.2) is 9.67 Å². The fraction of sp³-hybridized carbons (Fsp3) is 0.818. The van der Waals surface area contributed by atoms with Crippen LogP contribution in [-0.2, 0) is 18.4 Å². The molecule has 1 aliphatic heterocycles. The lowest BCUT2D eigenvalue weighted by Crippen LogP contribution is -2.27. The van der Waals surface area contributed by atoms with Crippen molar-refractivity contribution in [1.82, 2.24) is 14.8 Å². The molecule has 2 rings (SSSR count). The van der Waals surface area contributed by atoms with Gasteiger partial charge in [-0.05, 0) is 18.9 Å². The highest BCUT2D eigenvalue weighted by Gasteiger charge is 2.25. The molecule has 1 aromatic rings. The van der Waals surface area contributed by atoms with Crippen LogP contribution in [0, 0.1) is 5.92 Å². The third-order valence-corrected chi connectivity index (χ3v) is 2.96. The molecule has 84 valence electrons. The van der Waals surface area contributed by atoms with Crippen molar-refractivity contribution in [3.8, 4) is 0 Å². The fourth-order valence-electron chi connectivity index (χ4n) is 1.88. The number of hydrogen-bond donors (Lipinski definition) is 1. The molecule has 2 heterocycles. The van der Waals surface area contributed by atoms with E-state index in [1.807, 2.05) is 4.68 Å². The van der Waals surface area contributed by atoms with E-state index in [4.69, 9.17) is 5.73 Å². The molecule has 0 fully saturated rings. The van der Waals surface area contributed by atoms with E-state index in [9.17, 15) is 0 Å². The Morgan fingerprint density at radius 3 is 2.80 bits per heavy atom. The van der Waals surface area contributed by atoms with Crippen molar-refractivity contribution in [1.29, 1.82) is 0 Å². The molecule has 1 atom stereocenters. The van der Waals surface area contributed by atoms with E-state index in [1.54, 1.807) is 0 Å². The Hall–Kier alpha value is -0.900. The lowest BCUT2D eigenvalue weighted by Gasteiger charge is -2.20. The Morgan fingerprint density at radius 1 is 1.47 bits per heavy atom. The molecule has 0 bridgehead atoms. The average molecular weight is 208 g/mol. The first kappa shape index (κ1) is 10.6. The van der Waals surface area contributed by atoms with Crippen molar-refractivity contribution >= 4 is 0 Å². The molecule has 1 aromatic heterocycles. The van der Waals surface area contributed by atoms with Gasteiger partial charge in [0.2, 0.25) is 0 Å². The maximum Gasteiger partial charge on any atom is 0.156 e. The summed E-state index contributed by atoms with van der Waals surface area (Å²) in [5.74, 6) is 2.66. The summed E-state index contributed by atoms with van der Waals surface area (Å²) in [6.07, 6.45) is 2.17. The van der Waals surface area contributed by atoms with Crippen molar-refractivity contribution in [2.45, 2.75) is 45.6 Å². The minimum absolute atomic E-state index is 0.0442. The molecule has 0 spiro atoms. The van der Waals surface area contributed by atoms with Crippen LogP contribution in [0.4, 0.5) is 0 Å². The molecule has 0 saturated heterocycles. The van der Waals surface area contributed by atoms with Gasteiger partial charge in [0.15, 0.2) is 5.82 Å². The van der Waals surface area contributed by atoms with Gasteiger partial charge in [-0.15, -0.1) is 0 Å². The first-order valence-corrected chi connectivity index (χ1v) is 5.65. The Morgan fingerprint density at radius 2 is 2.20 bits per heavy atom. The van der Waals surface area contributed by atoms with Crippen LogP contribution in [0.25, 0.3) is 0 Å². The second-order valence-electron chi connectivity index (χ2n) is 5.42. The zero-order valence-electron chi connectivity index (χ0n) is 9.82. The summed E-state index contributed by atoms with van der Waals surface area (Å²) < 4.78 is 2.04. The number of aryl methyl sites for hydroxylation is 1. The Kier molecular flexibility index (Phi) is 2.54. The lowest BCUT2D eigenvalue weighted by atomic mass is 9.96. The summed E-state index contributed by atoms with van der Waals surface area (Å²) in [7, 11) is 0. The fourth-order valence-corrected chi connectivity index (χ4v) is 1.88. The van der Waals surface area contributed by atoms with Gasteiger partial charge in [-0.3, -0.25) is 0 Å². The van der Waals surface area contributed by atoms with Gasteiger partial charge in [0.1, 0.15) is 5.82 Å². The van der Waals surface area contributed by atoms with Crippen molar-refractivity contribution < 1.29 is 0 Å². The van der Waals surface area contributed by atoms with Gasteiger partial charge in [0.05, 0.1) is 0 Å². The summed E-state index contributed by atoms with van der Waals surface area (Å²) in [6.45, 7) is 8.14. The van der Waals surface area contributed by atoms with Crippen LogP contribution in [0.3, 0.4) is 0 Å². The standard InChI is InChI=1S/C11H20N4/c1-11(2,3)10-13-9-5-4-8(6-12)7-15(9)14-10/h8H,4-7,12H2,1-3H3. The highest BCUT2D eigenvalue weighted by Crippen LogP contribution is 2.23. The predicted molar refractivity (Wildman–Crippen MR) is 59.6 cm³/mol. The maximum atomic E-state index is 5.69. The largest absolute Gasteiger partial charge is 0.330 e. The molecular weight excluding hydrogens is 188 g/mol. The van der Waals surface area contributed by atoms with Crippen molar-refractivity contribution in [3.05, 3.63) is 11.6 Å². The quantitative estimate of drug-likeness (QED) is 0.751.